The Morgan fingerprint density at radius 2 is 1.76 bits per heavy atom. The minimum Gasteiger partial charge on any atom is -0.388 e. The second kappa shape index (κ2) is 10.1. The van der Waals surface area contributed by atoms with E-state index >= 15 is 0 Å². The van der Waals surface area contributed by atoms with Crippen molar-refractivity contribution in [2.45, 2.75) is 95.3 Å². The molecule has 1 fully saturated rings. The Labute approximate surface area is 198 Å². The molecule has 0 amide bonds. The van der Waals surface area contributed by atoms with Crippen molar-refractivity contribution in [3.05, 3.63) is 12.7 Å². The summed E-state index contributed by atoms with van der Waals surface area (Å²) in [5, 5.41) is 33.4. The number of aliphatic hydroxyl groups excluding tert-OH is 2. The van der Waals surface area contributed by atoms with Crippen LogP contribution in [0.1, 0.15) is 66.0 Å². The first kappa shape index (κ1) is 26.9. The summed E-state index contributed by atoms with van der Waals surface area (Å²) >= 11 is 0. The van der Waals surface area contributed by atoms with Gasteiger partial charge >= 0.3 is 7.60 Å². The Morgan fingerprint density at radius 3 is 2.32 bits per heavy atom. The predicted octanol–water partition coefficient (Wildman–Crippen LogP) is 2.15. The molecule has 192 valence electrons. The zero-order chi connectivity index (χ0) is 25.3. The van der Waals surface area contributed by atoms with Crippen LogP contribution < -0.4 is 5.32 Å². The molecule has 34 heavy (non-hydrogen) atoms. The lowest BCUT2D eigenvalue weighted by Gasteiger charge is -2.40. The van der Waals surface area contributed by atoms with E-state index in [0.29, 0.717) is 29.8 Å². The number of aliphatic hydroxyl groups is 3. The summed E-state index contributed by atoms with van der Waals surface area (Å²) in [6.45, 7) is 6.85. The first-order valence-electron chi connectivity index (χ1n) is 11.6. The van der Waals surface area contributed by atoms with E-state index in [1.807, 2.05) is 0 Å². The van der Waals surface area contributed by atoms with E-state index in [2.05, 4.69) is 20.3 Å². The van der Waals surface area contributed by atoms with Gasteiger partial charge < -0.3 is 30.3 Å². The Balaban J connectivity index is 1.88. The Hall–Kier alpha value is -1.66. The number of nitrogens with zero attached hydrogens (tertiary/aromatic N) is 4. The van der Waals surface area contributed by atoms with Gasteiger partial charge in [0.2, 0.25) is 0 Å². The maximum absolute atomic E-state index is 13.1. The van der Waals surface area contributed by atoms with Crippen LogP contribution >= 0.6 is 7.60 Å². The number of rotatable bonds is 11. The van der Waals surface area contributed by atoms with Crippen LogP contribution in [-0.4, -0.2) is 76.0 Å². The van der Waals surface area contributed by atoms with E-state index in [9.17, 15) is 24.8 Å². The predicted molar refractivity (Wildman–Crippen MR) is 125 cm³/mol. The molecule has 1 saturated heterocycles. The minimum atomic E-state index is -4.45. The van der Waals surface area contributed by atoms with E-state index < -0.39 is 43.1 Å². The molecule has 0 spiro atoms. The lowest BCUT2D eigenvalue weighted by Crippen LogP contribution is -2.42. The molecule has 5 N–H and O–H groups in total. The zero-order valence-electron chi connectivity index (χ0n) is 20.2. The van der Waals surface area contributed by atoms with Gasteiger partial charge in [-0.15, -0.1) is 0 Å². The fraction of sp³-hybridized carbons (Fsp3) is 0.762. The minimum absolute atomic E-state index is 0.0339. The smallest absolute Gasteiger partial charge is 0.359 e. The van der Waals surface area contributed by atoms with E-state index in [0.717, 1.165) is 0 Å². The van der Waals surface area contributed by atoms with Gasteiger partial charge in [-0.05, 0) is 25.7 Å². The maximum Gasteiger partial charge on any atom is 0.359 e. The van der Waals surface area contributed by atoms with Gasteiger partial charge in [-0.25, -0.2) is 15.0 Å². The van der Waals surface area contributed by atoms with Crippen molar-refractivity contribution in [1.82, 2.24) is 19.5 Å². The molecule has 1 aliphatic heterocycles. The van der Waals surface area contributed by atoms with Crippen LogP contribution in [-0.2, 0) is 13.8 Å². The molecule has 0 aromatic carbocycles. The fourth-order valence-corrected chi connectivity index (χ4v) is 6.24. The zero-order valence-corrected chi connectivity index (χ0v) is 21.1. The lowest BCUT2D eigenvalue weighted by atomic mass is 9.88. The van der Waals surface area contributed by atoms with Crippen molar-refractivity contribution in [2.75, 3.05) is 12.4 Å². The van der Waals surface area contributed by atoms with E-state index in [1.165, 1.54) is 17.2 Å². The van der Waals surface area contributed by atoms with Crippen molar-refractivity contribution in [3.63, 3.8) is 0 Å². The molecule has 1 aliphatic rings. The Kier molecular flexibility index (Phi) is 8.03. The van der Waals surface area contributed by atoms with Gasteiger partial charge in [-0.1, -0.05) is 27.7 Å². The summed E-state index contributed by atoms with van der Waals surface area (Å²) in [7, 11) is -2.75. The molecule has 3 rings (SSSR count). The van der Waals surface area contributed by atoms with Gasteiger partial charge in [0.15, 0.2) is 23.0 Å². The van der Waals surface area contributed by atoms with E-state index in [-0.39, 0.29) is 19.3 Å². The van der Waals surface area contributed by atoms with Crippen molar-refractivity contribution >= 4 is 24.6 Å². The summed E-state index contributed by atoms with van der Waals surface area (Å²) in [5.41, 5.74) is -0.264. The Bertz CT molecular complexity index is 1030. The molecule has 0 radical (unpaired) electrons. The maximum atomic E-state index is 13.1. The molecule has 3 heterocycles. The summed E-state index contributed by atoms with van der Waals surface area (Å²) in [4.78, 5) is 23.3. The number of hydrogen-bond donors (Lipinski definition) is 5. The molecule has 0 bridgehead atoms. The number of fused-ring (bicyclic) bond motifs is 1. The molecule has 5 atom stereocenters. The van der Waals surface area contributed by atoms with Crippen LogP contribution in [0.5, 0.6) is 0 Å². The van der Waals surface area contributed by atoms with Crippen molar-refractivity contribution in [1.29, 1.82) is 0 Å². The number of nitrogens with one attached hydrogen (secondary N) is 1. The number of anilines is 1. The quantitative estimate of drug-likeness (QED) is 0.286. The van der Waals surface area contributed by atoms with Gasteiger partial charge in [0.25, 0.3) is 0 Å². The van der Waals surface area contributed by atoms with Gasteiger partial charge in [-0.3, -0.25) is 13.7 Å². The molecular formula is C21H36N5O7P. The molecule has 0 aliphatic carbocycles. The third-order valence-corrected chi connectivity index (χ3v) is 9.36. The summed E-state index contributed by atoms with van der Waals surface area (Å²) < 4.78 is 26.5. The standard InChI is InChI=1S/C21H36N5O7P/c1-6-20(7-2,33-34(30,31)21(29,8-3)9-4)10-13-15(27)16(28)19(32-13)26-12-25-14-17(22-5)23-11-24-18(14)26/h11-13,15-16,19,27-29H,6-10H2,1-5H3,(H,30,31)(H,22,23,24)/t13?,15-,16-,19-/m1/s1. The largest absolute Gasteiger partial charge is 0.388 e. The van der Waals surface area contributed by atoms with Gasteiger partial charge in [0.05, 0.1) is 18.0 Å². The number of hydrogen-bond acceptors (Lipinski definition) is 10. The average Bonchev–Trinajstić information content (AvgIpc) is 3.38. The molecule has 12 nitrogen and oxygen atoms in total. The number of imidazole rings is 1. The Morgan fingerprint density at radius 1 is 1.12 bits per heavy atom. The normalized spacial score (nSPS) is 25.6. The van der Waals surface area contributed by atoms with Crippen molar-refractivity contribution < 1.29 is 34.0 Å². The third-order valence-electron chi connectivity index (χ3n) is 7.04. The second-order valence-corrected chi connectivity index (χ2v) is 10.8. The SMILES string of the molecule is CCC(CC)(CC1O[C@@H](n2cnc3c(NC)ncnc32)[C@H](O)[C@@H]1O)OP(=O)(O)C(O)(CC)CC. The highest BCUT2D eigenvalue weighted by atomic mass is 31.2. The highest BCUT2D eigenvalue weighted by Gasteiger charge is 2.52. The fourth-order valence-electron chi connectivity index (χ4n) is 4.42. The topological polar surface area (TPSA) is 172 Å². The van der Waals surface area contributed by atoms with Crippen LogP contribution in [0.15, 0.2) is 12.7 Å². The van der Waals surface area contributed by atoms with Gasteiger partial charge in [-0.2, -0.15) is 0 Å². The van der Waals surface area contributed by atoms with E-state index in [4.69, 9.17) is 9.26 Å². The van der Waals surface area contributed by atoms with Gasteiger partial charge in [0, 0.05) is 13.5 Å². The first-order valence-corrected chi connectivity index (χ1v) is 13.2. The number of ether oxygens (including phenoxy) is 1. The summed E-state index contributed by atoms with van der Waals surface area (Å²) in [6, 6.07) is 0. The van der Waals surface area contributed by atoms with Crippen LogP contribution in [0.25, 0.3) is 11.2 Å². The number of aromatic nitrogens is 4. The monoisotopic (exact) mass is 501 g/mol. The molecule has 13 heteroatoms. The van der Waals surface area contributed by atoms with Crippen molar-refractivity contribution in [2.24, 2.45) is 0 Å². The first-order chi connectivity index (χ1) is 16.0. The summed E-state index contributed by atoms with van der Waals surface area (Å²) in [5.74, 6) is 0.510. The molecule has 2 aromatic rings. The van der Waals surface area contributed by atoms with Gasteiger partial charge in [0.1, 0.15) is 24.1 Å². The lowest BCUT2D eigenvalue weighted by molar-refractivity contribution is -0.0761. The molecule has 2 unspecified atom stereocenters. The highest BCUT2D eigenvalue weighted by Crippen LogP contribution is 2.61. The molecular weight excluding hydrogens is 465 g/mol. The van der Waals surface area contributed by atoms with Crippen LogP contribution in [0, 0.1) is 0 Å². The van der Waals surface area contributed by atoms with Crippen LogP contribution in [0.2, 0.25) is 0 Å². The van der Waals surface area contributed by atoms with Crippen molar-refractivity contribution in [3.8, 4) is 0 Å². The highest BCUT2D eigenvalue weighted by molar-refractivity contribution is 7.54. The van der Waals surface area contributed by atoms with Crippen LogP contribution in [0.3, 0.4) is 0 Å². The third kappa shape index (κ3) is 4.60. The molecule has 2 aromatic heterocycles. The van der Waals surface area contributed by atoms with E-state index in [1.54, 1.807) is 34.7 Å². The van der Waals surface area contributed by atoms with Crippen LogP contribution in [0.4, 0.5) is 5.82 Å². The average molecular weight is 502 g/mol. The molecule has 0 saturated carbocycles. The second-order valence-electron chi connectivity index (χ2n) is 8.74. The summed E-state index contributed by atoms with van der Waals surface area (Å²) in [6.07, 6.45) is -0.870.